The summed E-state index contributed by atoms with van der Waals surface area (Å²) in [6.07, 6.45) is -27.1. The Hall–Kier alpha value is -2.80. The summed E-state index contributed by atoms with van der Waals surface area (Å²) < 4.78 is 49.8. The minimum absolute atomic E-state index is 0.103. The molecule has 25 nitrogen and oxygen atoms in total. The second-order valence-corrected chi connectivity index (χ2v) is 18.9. The molecule has 3 aliphatic heterocycles. The number of rotatable bonds is 21. The molecule has 67 heavy (non-hydrogen) atoms. The first kappa shape index (κ1) is 52.0. The van der Waals surface area contributed by atoms with Crippen molar-refractivity contribution >= 4 is 23.8 Å². The number of hydrogen-bond acceptors (Lipinski definition) is 21. The lowest BCUT2D eigenvalue weighted by Crippen LogP contribution is -2.67. The highest BCUT2D eigenvalue weighted by atomic mass is 16.8. The number of aliphatic carboxylic acids is 2. The Labute approximate surface area is 384 Å². The van der Waals surface area contributed by atoms with Gasteiger partial charge in [-0.3, -0.25) is 9.59 Å². The third-order valence-corrected chi connectivity index (χ3v) is 14.9. The predicted molar refractivity (Wildman–Crippen MR) is 216 cm³/mol. The number of hydrogen-bond donors (Lipinski definition) is 12. The van der Waals surface area contributed by atoms with Gasteiger partial charge in [0.2, 0.25) is 0 Å². The summed E-state index contributed by atoms with van der Waals surface area (Å²) in [7, 11) is 2.23. The molecular formula is C42H66N2O23. The fourth-order valence-corrected chi connectivity index (χ4v) is 11.3. The van der Waals surface area contributed by atoms with Gasteiger partial charge < -0.3 is 104 Å². The molecule has 4 saturated carbocycles. The van der Waals surface area contributed by atoms with Gasteiger partial charge in [0.1, 0.15) is 61.0 Å². The molecule has 3 saturated heterocycles. The number of aliphatic hydroxyl groups excluding tert-OH is 8. The molecule has 25 heteroatoms. The Morgan fingerprint density at radius 3 is 1.57 bits per heavy atom. The number of carbonyl (C=O) groups excluding carboxylic acids is 2. The molecule has 382 valence electrons. The summed E-state index contributed by atoms with van der Waals surface area (Å²) in [6.45, 7) is -1.90. The molecule has 0 aromatic rings. The van der Waals surface area contributed by atoms with Gasteiger partial charge in [-0.15, -0.1) is 0 Å². The van der Waals surface area contributed by atoms with Crippen molar-refractivity contribution < 1.29 is 113 Å². The van der Waals surface area contributed by atoms with Crippen LogP contribution in [0.1, 0.15) is 51.4 Å². The van der Waals surface area contributed by atoms with Gasteiger partial charge in [-0.25, -0.2) is 9.59 Å². The Balaban J connectivity index is 1.06. The number of methoxy groups -OCH3 is 2. The average molecular weight is 967 g/mol. The van der Waals surface area contributed by atoms with E-state index in [9.17, 15) is 70.2 Å². The molecule has 4 bridgehead atoms. The number of amides is 2. The van der Waals surface area contributed by atoms with Crippen LogP contribution in [0.2, 0.25) is 0 Å². The summed E-state index contributed by atoms with van der Waals surface area (Å²) in [6, 6.07) is 0. The molecule has 4 aliphatic carbocycles. The minimum Gasteiger partial charge on any atom is -0.479 e. The summed E-state index contributed by atoms with van der Waals surface area (Å²) >= 11 is 0. The van der Waals surface area contributed by atoms with Crippen LogP contribution in [-0.2, 0) is 61.8 Å². The molecule has 24 atom stereocenters. The van der Waals surface area contributed by atoms with Crippen molar-refractivity contribution in [2.24, 2.45) is 35.5 Å². The third-order valence-electron chi connectivity index (χ3n) is 14.9. The van der Waals surface area contributed by atoms with Gasteiger partial charge >= 0.3 is 11.9 Å². The van der Waals surface area contributed by atoms with Gasteiger partial charge in [-0.05, 0) is 74.0 Å². The standard InChI is InChI=1S/C42H66N2O23/c1-59-30-23(47)27(51)42(67-35(30)39(57)58)64-32-25(49)28(52)41(66-34(32)37(54)44-12-20-10-16-4-6-18(20)8-16)61-21(13-45)29(38(55)56)62-22(14-46)63-31-24(48)26(50)40(60-2)65-33(31)36(53)43-11-19-9-15-3-5-17(19)7-15/h15-35,40-42,45-52H,3-14H2,1-2H3,(H,43,53)(H,44,54)(H,55,56)(H,57,58)/t15?,16?,17?,18?,19?,20?,21-,22?,23?,24?,25?,26?,27?,28?,29?,30-,31-,32-,33?,34?,35?,40+,41+,42+/m0/s1. The van der Waals surface area contributed by atoms with Crippen LogP contribution in [0, 0.1) is 35.5 Å². The number of ether oxygens (including phenoxy) is 9. The van der Waals surface area contributed by atoms with Gasteiger partial charge in [-0.2, -0.15) is 0 Å². The van der Waals surface area contributed by atoms with Crippen LogP contribution >= 0.6 is 0 Å². The highest BCUT2D eigenvalue weighted by Crippen LogP contribution is 2.49. The molecule has 0 aromatic heterocycles. The van der Waals surface area contributed by atoms with Crippen LogP contribution in [-0.4, -0.2) is 226 Å². The number of fused-ring (bicyclic) bond motifs is 4. The van der Waals surface area contributed by atoms with Gasteiger partial charge in [0.25, 0.3) is 11.8 Å². The number of carboxylic acids is 2. The Kier molecular flexibility index (Phi) is 17.5. The van der Waals surface area contributed by atoms with E-state index in [2.05, 4.69) is 10.6 Å². The fraction of sp³-hybridized carbons (Fsp3) is 0.905. The monoisotopic (exact) mass is 966 g/mol. The van der Waals surface area contributed by atoms with Crippen molar-refractivity contribution in [3.8, 4) is 0 Å². The molecule has 12 N–H and O–H groups in total. The maximum Gasteiger partial charge on any atom is 0.335 e. The maximum atomic E-state index is 14.0. The SMILES string of the molecule is CO[C@@H]1OC(C(=O)NCC2CC3CCC2C3)[C@@H](OC(CO)OC(C(=O)O)[C@H](CO)O[C@@H]2OC(C(=O)NCC3CC4CCC3C4)[C@@H](O[C@@H]3OC(C(=O)O)[C@@H](OC)C(O)C3O)C(O)C2O)C(O)C1O. The van der Waals surface area contributed by atoms with Crippen molar-refractivity contribution in [2.45, 2.75) is 162 Å². The minimum atomic E-state index is -2.33. The van der Waals surface area contributed by atoms with Crippen LogP contribution in [0.4, 0.5) is 0 Å². The lowest BCUT2D eigenvalue weighted by atomic mass is 9.88. The molecular weight excluding hydrogens is 900 g/mol. The lowest BCUT2D eigenvalue weighted by Gasteiger charge is -2.46. The molecule has 2 amide bonds. The molecule has 0 aromatic carbocycles. The molecule has 0 spiro atoms. The summed E-state index contributed by atoms with van der Waals surface area (Å²) in [5.74, 6) is -2.96. The van der Waals surface area contributed by atoms with Crippen molar-refractivity contribution in [3.05, 3.63) is 0 Å². The second-order valence-electron chi connectivity index (χ2n) is 18.9. The molecule has 17 unspecified atom stereocenters. The molecule has 0 radical (unpaired) electrons. The number of carboxylic acid groups (broad SMARTS) is 2. The van der Waals surface area contributed by atoms with E-state index in [0.717, 1.165) is 58.5 Å². The Morgan fingerprint density at radius 1 is 0.582 bits per heavy atom. The van der Waals surface area contributed by atoms with E-state index in [4.69, 9.17) is 42.6 Å². The van der Waals surface area contributed by atoms with E-state index in [1.54, 1.807) is 0 Å². The highest BCUT2D eigenvalue weighted by Gasteiger charge is 2.56. The normalized spacial score (nSPS) is 43.9. The van der Waals surface area contributed by atoms with Crippen LogP contribution < -0.4 is 10.6 Å². The van der Waals surface area contributed by atoms with Crippen molar-refractivity contribution in [3.63, 3.8) is 0 Å². The fourth-order valence-electron chi connectivity index (χ4n) is 11.3. The van der Waals surface area contributed by atoms with Crippen molar-refractivity contribution in [1.82, 2.24) is 10.6 Å². The highest BCUT2D eigenvalue weighted by molar-refractivity contribution is 5.82. The van der Waals surface area contributed by atoms with Crippen LogP contribution in [0.25, 0.3) is 0 Å². The predicted octanol–water partition coefficient (Wildman–Crippen LogP) is -4.89. The first-order chi connectivity index (χ1) is 32.0. The van der Waals surface area contributed by atoms with E-state index in [1.165, 1.54) is 7.11 Å². The van der Waals surface area contributed by atoms with E-state index in [0.29, 0.717) is 30.2 Å². The second kappa shape index (κ2) is 22.5. The largest absolute Gasteiger partial charge is 0.479 e. The zero-order chi connectivity index (χ0) is 48.4. The maximum absolute atomic E-state index is 14.0. The van der Waals surface area contributed by atoms with Crippen LogP contribution in [0.3, 0.4) is 0 Å². The molecule has 7 fully saturated rings. The lowest BCUT2D eigenvalue weighted by molar-refractivity contribution is -0.358. The van der Waals surface area contributed by atoms with E-state index >= 15 is 0 Å². The smallest absolute Gasteiger partial charge is 0.335 e. The molecule has 7 rings (SSSR count). The zero-order valence-corrected chi connectivity index (χ0v) is 37.1. The topological polar surface area (TPSA) is 378 Å². The van der Waals surface area contributed by atoms with Gasteiger partial charge in [0.15, 0.2) is 49.6 Å². The van der Waals surface area contributed by atoms with Crippen molar-refractivity contribution in [1.29, 1.82) is 0 Å². The molecule has 3 heterocycles. The van der Waals surface area contributed by atoms with Gasteiger partial charge in [-0.1, -0.05) is 12.8 Å². The Bertz CT molecular complexity index is 1700. The summed E-state index contributed by atoms with van der Waals surface area (Å²) in [5.41, 5.74) is 0. The average Bonchev–Trinajstić information content (AvgIpc) is 4.15. The number of aliphatic hydroxyl groups is 8. The van der Waals surface area contributed by atoms with Crippen molar-refractivity contribution in [2.75, 3.05) is 40.5 Å². The van der Waals surface area contributed by atoms with E-state index in [-0.39, 0.29) is 18.4 Å². The van der Waals surface area contributed by atoms with Crippen LogP contribution in [0.5, 0.6) is 0 Å². The first-order valence-corrected chi connectivity index (χ1v) is 22.9. The Morgan fingerprint density at radius 2 is 1.09 bits per heavy atom. The van der Waals surface area contributed by atoms with Crippen LogP contribution in [0.15, 0.2) is 0 Å². The van der Waals surface area contributed by atoms with Gasteiger partial charge in [0, 0.05) is 27.3 Å². The number of nitrogens with one attached hydrogen (secondary N) is 2. The summed E-state index contributed by atoms with van der Waals surface area (Å²) in [5, 5.41) is 113. The summed E-state index contributed by atoms with van der Waals surface area (Å²) in [4.78, 5) is 52.3. The van der Waals surface area contributed by atoms with E-state index < -0.39 is 148 Å². The zero-order valence-electron chi connectivity index (χ0n) is 37.1. The van der Waals surface area contributed by atoms with E-state index in [1.807, 2.05) is 0 Å². The first-order valence-electron chi connectivity index (χ1n) is 22.9. The molecule has 7 aliphatic rings. The van der Waals surface area contributed by atoms with Gasteiger partial charge in [0.05, 0.1) is 13.2 Å². The number of carbonyl (C=O) groups is 4. The quantitative estimate of drug-likeness (QED) is 0.0480. The third kappa shape index (κ3) is 11.2.